The molecule has 3 rings (SSSR count). The number of nitrogens with zero attached hydrogens (tertiary/aromatic N) is 1. The highest BCUT2D eigenvalue weighted by Crippen LogP contribution is 2.36. The van der Waals surface area contributed by atoms with Gasteiger partial charge in [-0.05, 0) is 36.8 Å². The number of carbonyl (C=O) groups is 1. The summed E-state index contributed by atoms with van der Waals surface area (Å²) < 4.78 is 32.8. The molecule has 0 aliphatic carbocycles. The molecular formula is C19H19F2NO2S. The number of rotatable bonds is 3. The van der Waals surface area contributed by atoms with Crippen LogP contribution in [-0.2, 0) is 0 Å². The van der Waals surface area contributed by atoms with Crippen molar-refractivity contribution in [3.63, 3.8) is 0 Å². The van der Waals surface area contributed by atoms with Gasteiger partial charge in [0.15, 0.2) is 0 Å². The van der Waals surface area contributed by atoms with Gasteiger partial charge >= 0.3 is 0 Å². The monoisotopic (exact) mass is 363 g/mol. The van der Waals surface area contributed by atoms with Crippen molar-refractivity contribution in [1.82, 2.24) is 4.90 Å². The second-order valence-corrected chi connectivity index (χ2v) is 7.12. The van der Waals surface area contributed by atoms with Gasteiger partial charge in [-0.3, -0.25) is 4.79 Å². The van der Waals surface area contributed by atoms with Gasteiger partial charge in [-0.2, -0.15) is 11.8 Å². The molecule has 2 aromatic carbocycles. The topological polar surface area (TPSA) is 29.5 Å². The summed E-state index contributed by atoms with van der Waals surface area (Å²) in [6, 6.07) is 10.6. The Hall–Kier alpha value is -2.08. The number of ether oxygens (including phenoxy) is 1. The number of thioether (sulfide) groups is 1. The average Bonchev–Trinajstić information content (AvgIpc) is 2.89. The summed E-state index contributed by atoms with van der Waals surface area (Å²) in [6.07, 6.45) is 0.575. The van der Waals surface area contributed by atoms with Crippen molar-refractivity contribution in [1.29, 1.82) is 0 Å². The van der Waals surface area contributed by atoms with Gasteiger partial charge in [0.25, 0.3) is 5.91 Å². The second kappa shape index (κ2) is 7.87. The highest BCUT2D eigenvalue weighted by atomic mass is 32.2. The minimum atomic E-state index is -0.441. The van der Waals surface area contributed by atoms with Crippen LogP contribution in [0.3, 0.4) is 0 Å². The Morgan fingerprint density at radius 1 is 1.20 bits per heavy atom. The quantitative estimate of drug-likeness (QED) is 0.815. The first-order valence-electron chi connectivity index (χ1n) is 8.09. The molecule has 1 heterocycles. The lowest BCUT2D eigenvalue weighted by Gasteiger charge is -2.21. The summed E-state index contributed by atoms with van der Waals surface area (Å²) >= 11 is 1.55. The van der Waals surface area contributed by atoms with E-state index in [0.717, 1.165) is 12.1 Å². The van der Waals surface area contributed by atoms with E-state index in [1.807, 2.05) is 6.07 Å². The Bertz CT molecular complexity index is 769. The van der Waals surface area contributed by atoms with Gasteiger partial charge in [-0.25, -0.2) is 8.78 Å². The minimum absolute atomic E-state index is 0.0987. The maximum Gasteiger partial charge on any atom is 0.257 e. The van der Waals surface area contributed by atoms with E-state index in [4.69, 9.17) is 4.74 Å². The van der Waals surface area contributed by atoms with E-state index in [1.165, 1.54) is 13.2 Å². The molecule has 25 heavy (non-hydrogen) atoms. The number of methoxy groups -OCH3 is 1. The summed E-state index contributed by atoms with van der Waals surface area (Å²) in [6.45, 7) is 1.06. The standard InChI is InChI=1S/C19H19F2NO2S/c1-24-17-5-3-2-4-14(17)19(23)22-9-8-18(25-11-10-22)15-12-13(20)6-7-16(15)21/h2-7,12,18H,8-11H2,1H3. The molecule has 0 radical (unpaired) electrons. The Balaban J connectivity index is 1.75. The highest BCUT2D eigenvalue weighted by Gasteiger charge is 2.26. The van der Waals surface area contributed by atoms with Crippen molar-refractivity contribution in [2.24, 2.45) is 0 Å². The van der Waals surface area contributed by atoms with Crippen molar-refractivity contribution < 1.29 is 18.3 Å². The van der Waals surface area contributed by atoms with Crippen LogP contribution < -0.4 is 4.74 Å². The van der Waals surface area contributed by atoms with Crippen LogP contribution in [0.2, 0.25) is 0 Å². The van der Waals surface area contributed by atoms with Crippen LogP contribution in [0, 0.1) is 11.6 Å². The molecular weight excluding hydrogens is 344 g/mol. The molecule has 0 aromatic heterocycles. The minimum Gasteiger partial charge on any atom is -0.496 e. The Labute approximate surface area is 150 Å². The first kappa shape index (κ1) is 17.7. The Kier molecular flexibility index (Phi) is 5.58. The first-order valence-corrected chi connectivity index (χ1v) is 9.14. The summed E-state index contributed by atoms with van der Waals surface area (Å²) in [4.78, 5) is 14.6. The first-order chi connectivity index (χ1) is 12.1. The molecule has 1 fully saturated rings. The van der Waals surface area contributed by atoms with Crippen LogP contribution in [0.15, 0.2) is 42.5 Å². The number of halogens is 2. The second-order valence-electron chi connectivity index (χ2n) is 5.81. The van der Waals surface area contributed by atoms with Gasteiger partial charge in [0, 0.05) is 29.7 Å². The fourth-order valence-electron chi connectivity index (χ4n) is 2.97. The number of amides is 1. The molecule has 1 unspecified atom stereocenters. The van der Waals surface area contributed by atoms with Gasteiger partial charge in [0.2, 0.25) is 0 Å². The summed E-state index contributed by atoms with van der Waals surface area (Å²) in [5.74, 6) is 0.267. The smallest absolute Gasteiger partial charge is 0.257 e. The van der Waals surface area contributed by atoms with Gasteiger partial charge in [-0.15, -0.1) is 0 Å². The average molecular weight is 363 g/mol. The number of para-hydroxylation sites is 1. The van der Waals surface area contributed by atoms with Crippen molar-refractivity contribution in [2.45, 2.75) is 11.7 Å². The molecule has 0 bridgehead atoms. The van der Waals surface area contributed by atoms with Crippen LogP contribution in [0.5, 0.6) is 5.75 Å². The largest absolute Gasteiger partial charge is 0.496 e. The van der Waals surface area contributed by atoms with E-state index >= 15 is 0 Å². The Morgan fingerprint density at radius 3 is 2.80 bits per heavy atom. The maximum absolute atomic E-state index is 14.0. The molecule has 132 valence electrons. The van der Waals surface area contributed by atoms with E-state index in [9.17, 15) is 13.6 Å². The predicted molar refractivity (Wildman–Crippen MR) is 95.1 cm³/mol. The fraction of sp³-hybridized carbons (Fsp3) is 0.316. The summed E-state index contributed by atoms with van der Waals surface area (Å²) in [5, 5.41) is -0.161. The van der Waals surface area contributed by atoms with Crippen LogP contribution in [0.4, 0.5) is 8.78 Å². The molecule has 1 saturated heterocycles. The molecule has 1 aliphatic heterocycles. The third-order valence-electron chi connectivity index (χ3n) is 4.27. The zero-order chi connectivity index (χ0) is 17.8. The number of hydrogen-bond donors (Lipinski definition) is 0. The SMILES string of the molecule is COc1ccccc1C(=O)N1CCSC(c2cc(F)ccc2F)CC1. The van der Waals surface area contributed by atoms with Crippen LogP contribution in [0.1, 0.15) is 27.6 Å². The van der Waals surface area contributed by atoms with E-state index in [2.05, 4.69) is 0 Å². The predicted octanol–water partition coefficient (Wildman–Crippen LogP) is 4.29. The molecule has 1 amide bonds. The van der Waals surface area contributed by atoms with Crippen molar-refractivity contribution >= 4 is 17.7 Å². The molecule has 0 N–H and O–H groups in total. The van der Waals surface area contributed by atoms with Crippen LogP contribution in [-0.4, -0.2) is 36.8 Å². The van der Waals surface area contributed by atoms with Gasteiger partial charge in [0.1, 0.15) is 17.4 Å². The summed E-state index contributed by atoms with van der Waals surface area (Å²) in [7, 11) is 1.53. The lowest BCUT2D eigenvalue weighted by atomic mass is 10.1. The van der Waals surface area contributed by atoms with Gasteiger partial charge in [0.05, 0.1) is 12.7 Å². The third kappa shape index (κ3) is 3.95. The lowest BCUT2D eigenvalue weighted by Crippen LogP contribution is -2.33. The van der Waals surface area contributed by atoms with E-state index in [0.29, 0.717) is 42.1 Å². The molecule has 2 aromatic rings. The fourth-order valence-corrected chi connectivity index (χ4v) is 4.22. The molecule has 3 nitrogen and oxygen atoms in total. The van der Waals surface area contributed by atoms with Crippen molar-refractivity contribution in [2.75, 3.05) is 26.0 Å². The van der Waals surface area contributed by atoms with Crippen LogP contribution in [0.25, 0.3) is 0 Å². The van der Waals surface area contributed by atoms with Crippen LogP contribution >= 0.6 is 11.8 Å². The van der Waals surface area contributed by atoms with Crippen molar-refractivity contribution in [3.8, 4) is 5.75 Å². The van der Waals surface area contributed by atoms with Gasteiger partial charge < -0.3 is 9.64 Å². The Morgan fingerprint density at radius 2 is 2.00 bits per heavy atom. The normalized spacial score (nSPS) is 17.9. The lowest BCUT2D eigenvalue weighted by molar-refractivity contribution is 0.0763. The molecule has 1 aliphatic rings. The summed E-state index contributed by atoms with van der Waals surface area (Å²) in [5.41, 5.74) is 0.891. The van der Waals surface area contributed by atoms with Crippen molar-refractivity contribution in [3.05, 3.63) is 65.2 Å². The van der Waals surface area contributed by atoms with E-state index < -0.39 is 11.6 Å². The number of hydrogen-bond acceptors (Lipinski definition) is 3. The van der Waals surface area contributed by atoms with E-state index in [-0.39, 0.29) is 11.2 Å². The zero-order valence-corrected chi connectivity index (χ0v) is 14.7. The molecule has 1 atom stereocenters. The maximum atomic E-state index is 14.0. The highest BCUT2D eigenvalue weighted by molar-refractivity contribution is 7.99. The van der Waals surface area contributed by atoms with E-state index in [1.54, 1.807) is 34.9 Å². The molecule has 6 heteroatoms. The molecule has 0 spiro atoms. The third-order valence-corrected chi connectivity index (χ3v) is 5.58. The zero-order valence-electron chi connectivity index (χ0n) is 13.9. The molecule has 0 saturated carbocycles. The number of benzene rings is 2. The number of carbonyl (C=O) groups excluding carboxylic acids is 1. The van der Waals surface area contributed by atoms with Gasteiger partial charge in [-0.1, -0.05) is 12.1 Å².